The molecule has 0 radical (unpaired) electrons. The second-order valence-electron chi connectivity index (χ2n) is 8.14. The summed E-state index contributed by atoms with van der Waals surface area (Å²) < 4.78 is 0. The fraction of sp³-hybridized carbons (Fsp3) is 0.320. The van der Waals surface area contributed by atoms with E-state index in [4.69, 9.17) is 12.2 Å². The molecule has 168 valence electrons. The van der Waals surface area contributed by atoms with E-state index in [0.29, 0.717) is 5.92 Å². The Labute approximate surface area is 195 Å². The van der Waals surface area contributed by atoms with Crippen LogP contribution in [0.2, 0.25) is 0 Å². The molecular weight excluding hydrogens is 420 g/mol. The average molecular weight is 451 g/mol. The van der Waals surface area contributed by atoms with Gasteiger partial charge in [0.15, 0.2) is 5.11 Å². The number of carbonyl (C=O) groups is 2. The number of amides is 2. The van der Waals surface area contributed by atoms with Crippen LogP contribution in [0.1, 0.15) is 37.8 Å². The van der Waals surface area contributed by atoms with Gasteiger partial charge in [-0.3, -0.25) is 14.9 Å². The van der Waals surface area contributed by atoms with Gasteiger partial charge in [-0.25, -0.2) is 0 Å². The monoisotopic (exact) mass is 450 g/mol. The lowest BCUT2D eigenvalue weighted by molar-refractivity contribution is -0.129. The zero-order chi connectivity index (χ0) is 23.1. The standard InChI is InChI=1S/C25H30N4O2S/c1-18(2)21-7-4-20(5-8-21)6-13-24(31)27-25(32)26-22-9-11-23(12-10-22)29-16-14-28(15-17-29)19(3)30/h4-13,18H,14-17H2,1-3H3,(H2,26,27,31,32)/b13-6+. The third-order valence-electron chi connectivity index (χ3n) is 5.48. The van der Waals surface area contributed by atoms with Crippen molar-refractivity contribution in [3.63, 3.8) is 0 Å². The van der Waals surface area contributed by atoms with Crippen molar-refractivity contribution in [2.24, 2.45) is 0 Å². The Bertz CT molecular complexity index is 976. The van der Waals surface area contributed by atoms with Crippen molar-refractivity contribution in [1.82, 2.24) is 10.2 Å². The highest BCUT2D eigenvalue weighted by Gasteiger charge is 2.18. The van der Waals surface area contributed by atoms with E-state index in [1.807, 2.05) is 41.3 Å². The lowest BCUT2D eigenvalue weighted by Gasteiger charge is -2.35. The van der Waals surface area contributed by atoms with Gasteiger partial charge < -0.3 is 15.1 Å². The lowest BCUT2D eigenvalue weighted by atomic mass is 10.0. The largest absolute Gasteiger partial charge is 0.368 e. The number of piperazine rings is 1. The van der Waals surface area contributed by atoms with Gasteiger partial charge in [-0.2, -0.15) is 0 Å². The molecule has 1 heterocycles. The van der Waals surface area contributed by atoms with E-state index in [1.54, 1.807) is 13.0 Å². The number of rotatable bonds is 5. The topological polar surface area (TPSA) is 64.7 Å². The highest BCUT2D eigenvalue weighted by molar-refractivity contribution is 7.80. The highest BCUT2D eigenvalue weighted by Crippen LogP contribution is 2.20. The molecule has 6 nitrogen and oxygen atoms in total. The Balaban J connectivity index is 1.47. The van der Waals surface area contributed by atoms with E-state index in [2.05, 4.69) is 41.5 Å². The number of hydrogen-bond acceptors (Lipinski definition) is 4. The number of nitrogens with one attached hydrogen (secondary N) is 2. The molecule has 0 unspecified atom stereocenters. The molecule has 1 saturated heterocycles. The fourth-order valence-corrected chi connectivity index (χ4v) is 3.73. The first-order valence-electron chi connectivity index (χ1n) is 10.8. The summed E-state index contributed by atoms with van der Waals surface area (Å²) in [6.45, 7) is 9.01. The third kappa shape index (κ3) is 6.65. The number of nitrogens with zero attached hydrogens (tertiary/aromatic N) is 2. The van der Waals surface area contributed by atoms with E-state index < -0.39 is 0 Å². The van der Waals surface area contributed by atoms with Crippen LogP contribution in [0.4, 0.5) is 11.4 Å². The summed E-state index contributed by atoms with van der Waals surface area (Å²) in [6.07, 6.45) is 3.24. The van der Waals surface area contributed by atoms with Gasteiger partial charge in [-0.05, 0) is 59.6 Å². The van der Waals surface area contributed by atoms with Crippen molar-refractivity contribution < 1.29 is 9.59 Å². The smallest absolute Gasteiger partial charge is 0.250 e. The van der Waals surface area contributed by atoms with Crippen molar-refractivity contribution in [3.05, 3.63) is 65.7 Å². The summed E-state index contributed by atoms with van der Waals surface area (Å²) >= 11 is 5.26. The molecule has 0 spiro atoms. The maximum Gasteiger partial charge on any atom is 0.250 e. The molecule has 0 bridgehead atoms. The van der Waals surface area contributed by atoms with Gasteiger partial charge in [-0.1, -0.05) is 38.1 Å². The molecule has 1 aliphatic rings. The summed E-state index contributed by atoms with van der Waals surface area (Å²) in [6, 6.07) is 16.0. The predicted molar refractivity (Wildman–Crippen MR) is 135 cm³/mol. The molecule has 0 aliphatic carbocycles. The minimum atomic E-state index is -0.282. The van der Waals surface area contributed by atoms with Gasteiger partial charge in [0.2, 0.25) is 11.8 Å². The van der Waals surface area contributed by atoms with E-state index in [1.165, 1.54) is 11.6 Å². The van der Waals surface area contributed by atoms with Crippen LogP contribution >= 0.6 is 12.2 Å². The molecule has 3 rings (SSSR count). The molecule has 2 N–H and O–H groups in total. The second kappa shape index (κ2) is 10.9. The minimum absolute atomic E-state index is 0.124. The summed E-state index contributed by atoms with van der Waals surface area (Å²) in [7, 11) is 0. The summed E-state index contributed by atoms with van der Waals surface area (Å²) in [4.78, 5) is 27.7. The molecular formula is C25H30N4O2S. The zero-order valence-electron chi connectivity index (χ0n) is 18.8. The van der Waals surface area contributed by atoms with Crippen LogP contribution in [-0.4, -0.2) is 48.0 Å². The van der Waals surface area contributed by atoms with Crippen LogP contribution in [0.15, 0.2) is 54.6 Å². The molecule has 2 aromatic carbocycles. The molecule has 2 aromatic rings. The van der Waals surface area contributed by atoms with Gasteiger partial charge in [0.25, 0.3) is 0 Å². The van der Waals surface area contributed by atoms with Crippen molar-refractivity contribution in [3.8, 4) is 0 Å². The van der Waals surface area contributed by atoms with Crippen molar-refractivity contribution in [2.75, 3.05) is 36.4 Å². The second-order valence-corrected chi connectivity index (χ2v) is 8.55. The first kappa shape index (κ1) is 23.5. The minimum Gasteiger partial charge on any atom is -0.368 e. The van der Waals surface area contributed by atoms with Crippen molar-refractivity contribution >= 4 is 46.6 Å². The van der Waals surface area contributed by atoms with Gasteiger partial charge >= 0.3 is 0 Å². The molecule has 0 atom stereocenters. The molecule has 1 aliphatic heterocycles. The number of benzene rings is 2. The van der Waals surface area contributed by atoms with Gasteiger partial charge in [0.1, 0.15) is 0 Å². The fourth-order valence-electron chi connectivity index (χ4n) is 3.51. The van der Waals surface area contributed by atoms with E-state index >= 15 is 0 Å². The van der Waals surface area contributed by atoms with Gasteiger partial charge in [-0.15, -0.1) is 0 Å². The number of hydrogen-bond donors (Lipinski definition) is 2. The molecule has 1 fully saturated rings. The number of anilines is 2. The van der Waals surface area contributed by atoms with E-state index in [-0.39, 0.29) is 16.9 Å². The molecule has 32 heavy (non-hydrogen) atoms. The summed E-state index contributed by atoms with van der Waals surface area (Å²) in [5.41, 5.74) is 4.12. The van der Waals surface area contributed by atoms with Gasteiger partial charge in [0.05, 0.1) is 0 Å². The predicted octanol–water partition coefficient (Wildman–Crippen LogP) is 4.00. The van der Waals surface area contributed by atoms with E-state index in [9.17, 15) is 9.59 Å². The maximum atomic E-state index is 12.2. The quantitative estimate of drug-likeness (QED) is 0.532. The van der Waals surface area contributed by atoms with Crippen LogP contribution in [0.25, 0.3) is 6.08 Å². The van der Waals surface area contributed by atoms with Crippen molar-refractivity contribution in [2.45, 2.75) is 26.7 Å². The summed E-state index contributed by atoms with van der Waals surface area (Å²) in [5.74, 6) is 0.319. The van der Waals surface area contributed by atoms with Crippen LogP contribution in [0.3, 0.4) is 0 Å². The average Bonchev–Trinajstić information content (AvgIpc) is 2.78. The lowest BCUT2D eigenvalue weighted by Crippen LogP contribution is -2.48. The maximum absolute atomic E-state index is 12.2. The Morgan fingerprint density at radius 2 is 1.59 bits per heavy atom. The Morgan fingerprint density at radius 3 is 2.16 bits per heavy atom. The zero-order valence-corrected chi connectivity index (χ0v) is 19.6. The van der Waals surface area contributed by atoms with Crippen molar-refractivity contribution in [1.29, 1.82) is 0 Å². The number of carbonyl (C=O) groups excluding carboxylic acids is 2. The molecule has 0 saturated carbocycles. The first-order valence-corrected chi connectivity index (χ1v) is 11.2. The molecule has 0 aromatic heterocycles. The van der Waals surface area contributed by atoms with E-state index in [0.717, 1.165) is 43.1 Å². The Hall–Kier alpha value is -3.19. The van der Waals surface area contributed by atoms with Crippen LogP contribution in [0.5, 0.6) is 0 Å². The third-order valence-corrected chi connectivity index (χ3v) is 5.69. The Kier molecular flexibility index (Phi) is 8.00. The SMILES string of the molecule is CC(=O)N1CCN(c2ccc(NC(=S)NC(=O)/C=C/c3ccc(C(C)C)cc3)cc2)CC1. The van der Waals surface area contributed by atoms with Crippen LogP contribution in [0, 0.1) is 0 Å². The Morgan fingerprint density at radius 1 is 0.969 bits per heavy atom. The first-order chi connectivity index (χ1) is 15.3. The number of thiocarbonyl (C=S) groups is 1. The van der Waals surface area contributed by atoms with Crippen LogP contribution < -0.4 is 15.5 Å². The van der Waals surface area contributed by atoms with Crippen LogP contribution in [-0.2, 0) is 9.59 Å². The molecule has 7 heteroatoms. The van der Waals surface area contributed by atoms with Gasteiger partial charge in [0, 0.05) is 50.6 Å². The summed E-state index contributed by atoms with van der Waals surface area (Å²) in [5, 5.41) is 5.95. The normalized spacial score (nSPS) is 14.0. The molecule has 2 amide bonds. The highest BCUT2D eigenvalue weighted by atomic mass is 32.1.